The Hall–Kier alpha value is -3.49. The van der Waals surface area contributed by atoms with Crippen LogP contribution in [0.2, 0.25) is 0 Å². The van der Waals surface area contributed by atoms with E-state index in [9.17, 15) is 28.3 Å². The van der Waals surface area contributed by atoms with Crippen LogP contribution in [-0.4, -0.2) is 112 Å². The van der Waals surface area contributed by atoms with E-state index in [0.29, 0.717) is 38.4 Å². The number of carboxylic acid groups (broad SMARTS) is 1. The number of rotatable bonds is 11. The Morgan fingerprint density at radius 2 is 1.83 bits per heavy atom. The van der Waals surface area contributed by atoms with Crippen molar-refractivity contribution in [2.45, 2.75) is 45.4 Å². The molecule has 2 aliphatic rings. The number of ether oxygens (including phenoxy) is 2. The number of nitrogens with one attached hydrogen (secondary N) is 1. The molecule has 1 aromatic carbocycles. The van der Waals surface area contributed by atoms with Gasteiger partial charge in [-0.25, -0.2) is 18.3 Å². The number of carbonyl (C=O) groups excluding carboxylic acids is 2. The van der Waals surface area contributed by atoms with Crippen LogP contribution in [0.15, 0.2) is 30.3 Å². The highest BCUT2D eigenvalue weighted by Gasteiger charge is 2.39. The molecule has 0 saturated carbocycles. The highest BCUT2D eigenvalue weighted by molar-refractivity contribution is 5.99. The number of Topliss-reactive ketones (excluding diaryl/α,β-unsaturated/α-hetero) is 1. The van der Waals surface area contributed by atoms with E-state index in [4.69, 9.17) is 9.47 Å². The summed E-state index contributed by atoms with van der Waals surface area (Å²) in [7, 11) is 0. The van der Waals surface area contributed by atoms with Crippen molar-refractivity contribution >= 4 is 17.8 Å². The number of hydrogen-bond acceptors (Lipinski definition) is 8. The van der Waals surface area contributed by atoms with Crippen LogP contribution in [0.4, 0.5) is 13.6 Å². The monoisotopic (exact) mass is 578 g/mol. The lowest BCUT2D eigenvalue weighted by atomic mass is 9.90. The van der Waals surface area contributed by atoms with Gasteiger partial charge in [-0.3, -0.25) is 9.59 Å². The Bertz CT molecular complexity index is 1190. The first-order valence-electron chi connectivity index (χ1n) is 13.7. The van der Waals surface area contributed by atoms with E-state index in [1.807, 2.05) is 13.8 Å². The molecular formula is C27H36F2N6O6. The minimum absolute atomic E-state index is 0.0267. The molecule has 224 valence electrons. The van der Waals surface area contributed by atoms with Crippen molar-refractivity contribution in [2.75, 3.05) is 46.0 Å². The van der Waals surface area contributed by atoms with E-state index in [2.05, 4.69) is 15.6 Å². The molecule has 2 aromatic rings. The van der Waals surface area contributed by atoms with Gasteiger partial charge in [-0.05, 0) is 24.5 Å². The normalized spacial score (nSPS) is 20.4. The molecule has 3 atom stereocenters. The van der Waals surface area contributed by atoms with Crippen LogP contribution < -0.4 is 5.32 Å². The summed E-state index contributed by atoms with van der Waals surface area (Å²) >= 11 is 0. The van der Waals surface area contributed by atoms with Crippen LogP contribution in [0.25, 0.3) is 5.69 Å². The number of carbonyl (C=O) groups is 3. The van der Waals surface area contributed by atoms with Gasteiger partial charge in [0.15, 0.2) is 5.69 Å². The lowest BCUT2D eigenvalue weighted by Gasteiger charge is -2.40. The van der Waals surface area contributed by atoms with Crippen molar-refractivity contribution in [2.24, 2.45) is 11.8 Å². The summed E-state index contributed by atoms with van der Waals surface area (Å²) in [6, 6.07) is 7.52. The minimum atomic E-state index is -2.68. The Morgan fingerprint density at radius 3 is 2.46 bits per heavy atom. The quantitative estimate of drug-likeness (QED) is 0.384. The van der Waals surface area contributed by atoms with E-state index < -0.39 is 42.9 Å². The first kappa shape index (κ1) is 30.5. The van der Waals surface area contributed by atoms with E-state index in [1.54, 1.807) is 35.2 Å². The second kappa shape index (κ2) is 13.9. The maximum Gasteiger partial charge on any atom is 0.407 e. The molecule has 0 bridgehead atoms. The van der Waals surface area contributed by atoms with Crippen LogP contribution in [0, 0.1) is 11.8 Å². The van der Waals surface area contributed by atoms with Gasteiger partial charge in [0, 0.05) is 32.2 Å². The molecule has 1 aromatic heterocycles. The number of aromatic nitrogens is 3. The molecule has 2 amide bonds. The maximum atomic E-state index is 13.9. The Morgan fingerprint density at radius 1 is 1.12 bits per heavy atom. The van der Waals surface area contributed by atoms with Crippen LogP contribution in [0.3, 0.4) is 0 Å². The minimum Gasteiger partial charge on any atom is -0.465 e. The van der Waals surface area contributed by atoms with Crippen molar-refractivity contribution < 1.29 is 37.7 Å². The Balaban J connectivity index is 1.57. The number of benzene rings is 1. The summed E-state index contributed by atoms with van der Waals surface area (Å²) in [5.41, 5.74) is 0.782. The highest BCUT2D eigenvalue weighted by atomic mass is 19.3. The molecule has 4 rings (SSSR count). The molecule has 0 radical (unpaired) electrons. The molecule has 1 unspecified atom stereocenters. The number of alkyl halides is 2. The van der Waals surface area contributed by atoms with Gasteiger partial charge in [0.2, 0.25) is 11.7 Å². The Labute approximate surface area is 236 Å². The van der Waals surface area contributed by atoms with Crippen LogP contribution in [-0.2, 0) is 20.9 Å². The van der Waals surface area contributed by atoms with Gasteiger partial charge in [0.05, 0.1) is 37.5 Å². The first-order chi connectivity index (χ1) is 19.7. The first-order valence-corrected chi connectivity index (χ1v) is 13.7. The summed E-state index contributed by atoms with van der Waals surface area (Å²) < 4.78 is 37.5. The SMILES string of the molecule is CC(C)C(N[C@H]1C[C@@H](C(=O)N2CCOCC2)CN(C(=O)O)C1)C(=O)c1nnn(-c2ccccc2)c1COCC(F)F. The molecule has 14 heteroatoms. The van der Waals surface area contributed by atoms with Crippen molar-refractivity contribution in [3.63, 3.8) is 0 Å². The topological polar surface area (TPSA) is 139 Å². The van der Waals surface area contributed by atoms with Crippen molar-refractivity contribution in [1.82, 2.24) is 30.1 Å². The second-order valence-corrected chi connectivity index (χ2v) is 10.5. The number of hydrogen-bond donors (Lipinski definition) is 2. The number of amides is 2. The summed E-state index contributed by atoms with van der Waals surface area (Å²) in [5.74, 6) is -1.40. The average molecular weight is 579 g/mol. The fourth-order valence-electron chi connectivity index (χ4n) is 5.21. The van der Waals surface area contributed by atoms with E-state index in [1.165, 1.54) is 9.58 Å². The number of likely N-dealkylation sites (tertiary alicyclic amines) is 1. The van der Waals surface area contributed by atoms with Gasteiger partial charge >= 0.3 is 6.09 Å². The fourth-order valence-corrected chi connectivity index (χ4v) is 5.21. The molecule has 3 heterocycles. The molecule has 12 nitrogen and oxygen atoms in total. The number of para-hydroxylation sites is 1. The standard InChI is InChI=1S/C27H36F2N6O6/c1-17(2)23(30-19-12-18(13-34(14-19)27(38)39)26(37)33-8-10-40-11-9-33)25(36)24-21(15-41-16-22(28)29)35(32-31-24)20-6-4-3-5-7-20/h3-7,17-19,22-23,30H,8-16H2,1-2H3,(H,38,39)/t18-,19+,23?/m1/s1. The van der Waals surface area contributed by atoms with Crippen LogP contribution in [0.1, 0.15) is 36.5 Å². The molecule has 2 aliphatic heterocycles. The molecule has 2 N–H and O–H groups in total. The smallest absolute Gasteiger partial charge is 0.407 e. The lowest BCUT2D eigenvalue weighted by Crippen LogP contribution is -2.58. The number of halogens is 2. The number of ketones is 1. The molecule has 2 saturated heterocycles. The zero-order valence-corrected chi connectivity index (χ0v) is 23.1. The third kappa shape index (κ3) is 7.63. The van der Waals surface area contributed by atoms with E-state index >= 15 is 0 Å². The second-order valence-electron chi connectivity index (χ2n) is 10.5. The molecule has 41 heavy (non-hydrogen) atoms. The zero-order chi connectivity index (χ0) is 29.5. The maximum absolute atomic E-state index is 13.9. The van der Waals surface area contributed by atoms with Gasteiger partial charge in [-0.2, -0.15) is 0 Å². The number of nitrogens with zero attached hydrogens (tertiary/aromatic N) is 5. The average Bonchev–Trinajstić information content (AvgIpc) is 3.39. The predicted octanol–water partition coefficient (Wildman–Crippen LogP) is 2.07. The third-order valence-corrected chi connectivity index (χ3v) is 7.24. The van der Waals surface area contributed by atoms with Gasteiger partial charge in [-0.1, -0.05) is 37.3 Å². The summed E-state index contributed by atoms with van der Waals surface area (Å²) in [5, 5.41) is 21.3. The van der Waals surface area contributed by atoms with E-state index in [0.717, 1.165) is 0 Å². The fraction of sp³-hybridized carbons (Fsp3) is 0.593. The summed E-state index contributed by atoms with van der Waals surface area (Å²) in [4.78, 5) is 42.0. The van der Waals surface area contributed by atoms with Gasteiger partial charge in [0.1, 0.15) is 12.3 Å². The van der Waals surface area contributed by atoms with Gasteiger partial charge < -0.3 is 29.7 Å². The van der Waals surface area contributed by atoms with Crippen molar-refractivity contribution in [1.29, 1.82) is 0 Å². The molecule has 2 fully saturated rings. The molecule has 0 aliphatic carbocycles. The zero-order valence-electron chi connectivity index (χ0n) is 23.1. The third-order valence-electron chi connectivity index (χ3n) is 7.24. The lowest BCUT2D eigenvalue weighted by molar-refractivity contribution is -0.141. The Kier molecular flexibility index (Phi) is 10.3. The number of piperidine rings is 1. The van der Waals surface area contributed by atoms with Crippen LogP contribution in [0.5, 0.6) is 0 Å². The predicted molar refractivity (Wildman–Crippen MR) is 142 cm³/mol. The summed E-state index contributed by atoms with van der Waals surface area (Å²) in [6.07, 6.45) is -3.48. The highest BCUT2D eigenvalue weighted by Crippen LogP contribution is 2.24. The van der Waals surface area contributed by atoms with Crippen molar-refractivity contribution in [3.05, 3.63) is 41.7 Å². The number of morpholine rings is 1. The van der Waals surface area contributed by atoms with Gasteiger partial charge in [0.25, 0.3) is 6.43 Å². The van der Waals surface area contributed by atoms with Gasteiger partial charge in [-0.15, -0.1) is 5.10 Å². The molecular weight excluding hydrogens is 542 g/mol. The summed E-state index contributed by atoms with van der Waals surface area (Å²) in [6.45, 7) is 4.45. The van der Waals surface area contributed by atoms with Crippen molar-refractivity contribution in [3.8, 4) is 5.69 Å². The largest absolute Gasteiger partial charge is 0.465 e. The van der Waals surface area contributed by atoms with Crippen LogP contribution >= 0.6 is 0 Å². The molecule has 0 spiro atoms. The van der Waals surface area contributed by atoms with E-state index in [-0.39, 0.29) is 42.9 Å².